The van der Waals surface area contributed by atoms with Crippen LogP contribution < -0.4 is 0 Å². The zero-order valence-corrected chi connectivity index (χ0v) is 9.15. The normalized spacial score (nSPS) is 12.9. The van der Waals surface area contributed by atoms with Crippen molar-refractivity contribution in [1.82, 2.24) is 0 Å². The maximum atomic E-state index is 10.8. The molecule has 0 spiro atoms. The van der Waals surface area contributed by atoms with Crippen LogP contribution in [0.15, 0.2) is 22.6 Å². The maximum absolute atomic E-state index is 10.8. The molecule has 1 heterocycles. The molecule has 0 fully saturated rings. The summed E-state index contributed by atoms with van der Waals surface area (Å²) in [6.07, 6.45) is -1.60. The standard InChI is InChI=1S/C11H9ClO4/c1-5-8(9(13)11(14)15)6-3-2-4-7(12)10(6)16-5/h2-4,9,13H,1H3,(H,14,15). The molecule has 4 nitrogen and oxygen atoms in total. The summed E-state index contributed by atoms with van der Waals surface area (Å²) in [5.74, 6) is -0.955. The number of carboxylic acid groups (broad SMARTS) is 1. The zero-order chi connectivity index (χ0) is 11.9. The highest BCUT2D eigenvalue weighted by Crippen LogP contribution is 2.34. The van der Waals surface area contributed by atoms with Gasteiger partial charge in [0.25, 0.3) is 0 Å². The van der Waals surface area contributed by atoms with Gasteiger partial charge in [0, 0.05) is 10.9 Å². The summed E-state index contributed by atoms with van der Waals surface area (Å²) in [5, 5.41) is 19.3. The highest BCUT2D eigenvalue weighted by atomic mass is 35.5. The molecule has 1 unspecified atom stereocenters. The first-order valence-electron chi connectivity index (χ1n) is 4.60. The molecule has 1 aromatic carbocycles. The molecule has 1 atom stereocenters. The topological polar surface area (TPSA) is 70.7 Å². The molecule has 0 aliphatic carbocycles. The average molecular weight is 241 g/mol. The lowest BCUT2D eigenvalue weighted by Gasteiger charge is -2.03. The summed E-state index contributed by atoms with van der Waals surface area (Å²) < 4.78 is 5.35. The molecule has 0 aliphatic rings. The minimum absolute atomic E-state index is 0.255. The van der Waals surface area contributed by atoms with Crippen molar-refractivity contribution in [2.45, 2.75) is 13.0 Å². The number of carbonyl (C=O) groups is 1. The Morgan fingerprint density at radius 3 is 2.81 bits per heavy atom. The smallest absolute Gasteiger partial charge is 0.337 e. The lowest BCUT2D eigenvalue weighted by Crippen LogP contribution is -2.10. The number of rotatable bonds is 2. The van der Waals surface area contributed by atoms with Crippen molar-refractivity contribution in [3.63, 3.8) is 0 Å². The highest BCUT2D eigenvalue weighted by molar-refractivity contribution is 6.35. The van der Waals surface area contributed by atoms with E-state index in [0.717, 1.165) is 0 Å². The summed E-state index contributed by atoms with van der Waals surface area (Å²) >= 11 is 5.90. The Hall–Kier alpha value is -1.52. The second-order valence-corrected chi connectivity index (χ2v) is 3.84. The van der Waals surface area contributed by atoms with Crippen molar-refractivity contribution >= 4 is 28.5 Å². The summed E-state index contributed by atoms with van der Waals surface area (Å²) in [5.41, 5.74) is 0.655. The molecule has 2 aromatic rings. The van der Waals surface area contributed by atoms with E-state index in [9.17, 15) is 9.90 Å². The fourth-order valence-electron chi connectivity index (χ4n) is 1.69. The number of carboxylic acids is 1. The highest BCUT2D eigenvalue weighted by Gasteiger charge is 2.24. The van der Waals surface area contributed by atoms with Gasteiger partial charge < -0.3 is 14.6 Å². The molecular weight excluding hydrogens is 232 g/mol. The van der Waals surface area contributed by atoms with Crippen molar-refractivity contribution in [1.29, 1.82) is 0 Å². The number of hydrogen-bond donors (Lipinski definition) is 2. The number of fused-ring (bicyclic) bond motifs is 1. The fourth-order valence-corrected chi connectivity index (χ4v) is 1.90. The van der Waals surface area contributed by atoms with Crippen molar-refractivity contribution in [3.05, 3.63) is 34.5 Å². The van der Waals surface area contributed by atoms with Crippen LogP contribution in [0.1, 0.15) is 17.4 Å². The van der Waals surface area contributed by atoms with Crippen molar-refractivity contribution in [2.24, 2.45) is 0 Å². The van der Waals surface area contributed by atoms with Gasteiger partial charge >= 0.3 is 5.97 Å². The molecule has 0 bridgehead atoms. The van der Waals surface area contributed by atoms with Crippen LogP contribution in [0, 0.1) is 6.92 Å². The summed E-state index contributed by atoms with van der Waals surface area (Å²) in [6.45, 7) is 1.60. The molecular formula is C11H9ClO4. The first kappa shape index (κ1) is 11.0. The summed E-state index contributed by atoms with van der Waals surface area (Å²) in [7, 11) is 0. The van der Waals surface area contributed by atoms with E-state index >= 15 is 0 Å². The van der Waals surface area contributed by atoms with Crippen LogP contribution in [0.2, 0.25) is 5.02 Å². The van der Waals surface area contributed by atoms with Crippen LogP contribution in [-0.2, 0) is 4.79 Å². The van der Waals surface area contributed by atoms with Crippen LogP contribution in [0.25, 0.3) is 11.0 Å². The first-order valence-corrected chi connectivity index (χ1v) is 4.98. The molecule has 0 radical (unpaired) electrons. The predicted molar refractivity (Wildman–Crippen MR) is 58.6 cm³/mol. The van der Waals surface area contributed by atoms with Gasteiger partial charge in [0.2, 0.25) is 0 Å². The zero-order valence-electron chi connectivity index (χ0n) is 8.40. The van der Waals surface area contributed by atoms with Crippen molar-refractivity contribution in [2.75, 3.05) is 0 Å². The second kappa shape index (κ2) is 3.81. The molecule has 16 heavy (non-hydrogen) atoms. The molecule has 2 rings (SSSR count). The first-order chi connectivity index (χ1) is 7.52. The molecule has 0 saturated carbocycles. The van der Waals surface area contributed by atoms with Gasteiger partial charge in [-0.3, -0.25) is 0 Å². The summed E-state index contributed by atoms with van der Waals surface area (Å²) in [6, 6.07) is 4.99. The Morgan fingerprint density at radius 1 is 1.50 bits per heavy atom. The Bertz CT molecular complexity index is 558. The third-order valence-corrected chi connectivity index (χ3v) is 2.70. The number of aryl methyl sites for hydroxylation is 1. The Labute approximate surface area is 96.1 Å². The van der Waals surface area contributed by atoms with Gasteiger partial charge in [0.05, 0.1) is 5.02 Å². The lowest BCUT2D eigenvalue weighted by molar-refractivity contribution is -0.146. The Balaban J connectivity index is 2.74. The van der Waals surface area contributed by atoms with Gasteiger partial charge in [-0.15, -0.1) is 0 Å². The average Bonchev–Trinajstić information content (AvgIpc) is 2.55. The molecule has 0 aliphatic heterocycles. The molecule has 0 amide bonds. The molecule has 0 saturated heterocycles. The van der Waals surface area contributed by atoms with E-state index in [2.05, 4.69) is 0 Å². The van der Waals surface area contributed by atoms with Gasteiger partial charge in [0.1, 0.15) is 5.76 Å². The number of para-hydroxylation sites is 1. The largest absolute Gasteiger partial charge is 0.479 e. The number of benzene rings is 1. The van der Waals surface area contributed by atoms with E-state index in [4.69, 9.17) is 21.1 Å². The Kier molecular flexibility index (Phi) is 2.61. The van der Waals surface area contributed by atoms with Crippen molar-refractivity contribution in [3.8, 4) is 0 Å². The van der Waals surface area contributed by atoms with Crippen LogP contribution in [0.4, 0.5) is 0 Å². The van der Waals surface area contributed by atoms with Crippen LogP contribution in [0.3, 0.4) is 0 Å². The Morgan fingerprint density at radius 2 is 2.19 bits per heavy atom. The van der Waals surface area contributed by atoms with E-state index in [-0.39, 0.29) is 5.56 Å². The minimum Gasteiger partial charge on any atom is -0.479 e. The molecule has 1 aromatic heterocycles. The number of furan rings is 1. The number of aliphatic hydroxyl groups excluding tert-OH is 1. The van der Waals surface area contributed by atoms with Crippen LogP contribution in [-0.4, -0.2) is 16.2 Å². The van der Waals surface area contributed by atoms with Crippen LogP contribution in [0.5, 0.6) is 0 Å². The quantitative estimate of drug-likeness (QED) is 0.846. The number of halogens is 1. The van der Waals surface area contributed by atoms with Gasteiger partial charge in [0.15, 0.2) is 11.7 Å². The lowest BCUT2D eigenvalue weighted by atomic mass is 10.1. The monoisotopic (exact) mass is 240 g/mol. The fraction of sp³-hybridized carbons (Fsp3) is 0.182. The molecule has 5 heteroatoms. The van der Waals surface area contributed by atoms with E-state index in [1.54, 1.807) is 25.1 Å². The van der Waals surface area contributed by atoms with Gasteiger partial charge in [-0.05, 0) is 13.0 Å². The molecule has 2 N–H and O–H groups in total. The van der Waals surface area contributed by atoms with Crippen LogP contribution >= 0.6 is 11.6 Å². The number of hydrogen-bond acceptors (Lipinski definition) is 3. The number of aliphatic hydroxyl groups is 1. The SMILES string of the molecule is Cc1oc2c(Cl)cccc2c1C(O)C(=O)O. The van der Waals surface area contributed by atoms with Gasteiger partial charge in [-0.1, -0.05) is 23.7 Å². The third-order valence-electron chi connectivity index (χ3n) is 2.40. The maximum Gasteiger partial charge on any atom is 0.337 e. The summed E-state index contributed by atoms with van der Waals surface area (Å²) in [4.78, 5) is 10.8. The number of aliphatic carboxylic acids is 1. The minimum atomic E-state index is -1.60. The molecule has 84 valence electrons. The van der Waals surface area contributed by atoms with E-state index in [0.29, 0.717) is 21.8 Å². The second-order valence-electron chi connectivity index (χ2n) is 3.43. The van der Waals surface area contributed by atoms with Gasteiger partial charge in [-0.25, -0.2) is 4.79 Å². The van der Waals surface area contributed by atoms with E-state index in [1.165, 1.54) is 0 Å². The van der Waals surface area contributed by atoms with E-state index < -0.39 is 12.1 Å². The third kappa shape index (κ3) is 1.56. The van der Waals surface area contributed by atoms with Gasteiger partial charge in [-0.2, -0.15) is 0 Å². The van der Waals surface area contributed by atoms with Crippen molar-refractivity contribution < 1.29 is 19.4 Å². The van der Waals surface area contributed by atoms with E-state index in [1.807, 2.05) is 0 Å². The predicted octanol–water partition coefficient (Wildman–Crippen LogP) is 2.51.